The molecule has 1 aromatic carbocycles. The van der Waals surface area contributed by atoms with E-state index in [0.29, 0.717) is 20.5 Å². The Bertz CT molecular complexity index is 742. The fraction of sp³-hybridized carbons (Fsp3) is 0.333. The first kappa shape index (κ1) is 16.9. The predicted octanol–water partition coefficient (Wildman–Crippen LogP) is 1.84. The van der Waals surface area contributed by atoms with Crippen LogP contribution in [0.1, 0.15) is 5.56 Å². The highest BCUT2D eigenvalue weighted by Crippen LogP contribution is 2.32. The molecule has 24 heavy (non-hydrogen) atoms. The molecule has 0 bridgehead atoms. The number of nitrogens with one attached hydrogen (secondary N) is 1. The number of benzene rings is 1. The number of likely N-dealkylation sites (N-methyl/N-ethyl adjacent to an activating group) is 1. The lowest BCUT2D eigenvalue weighted by molar-refractivity contribution is -0.384. The summed E-state index contributed by atoms with van der Waals surface area (Å²) in [5, 5.41) is 14.0. The van der Waals surface area contributed by atoms with E-state index in [1.165, 1.54) is 6.07 Å². The van der Waals surface area contributed by atoms with Gasteiger partial charge in [-0.1, -0.05) is 30.0 Å². The van der Waals surface area contributed by atoms with Gasteiger partial charge in [0.15, 0.2) is 0 Å². The van der Waals surface area contributed by atoms with Crippen LogP contribution in [0.5, 0.6) is 0 Å². The van der Waals surface area contributed by atoms with Crippen LogP contribution in [0.2, 0.25) is 0 Å². The van der Waals surface area contributed by atoms with Crippen molar-refractivity contribution in [2.24, 2.45) is 0 Å². The molecule has 0 unspecified atom stereocenters. The number of thiocarbonyl (C=S) groups is 1. The van der Waals surface area contributed by atoms with E-state index in [0.717, 1.165) is 37.9 Å². The summed E-state index contributed by atoms with van der Waals surface area (Å²) in [4.78, 5) is 27.5. The topological polar surface area (TPSA) is 78.7 Å². The van der Waals surface area contributed by atoms with Gasteiger partial charge in [0, 0.05) is 32.2 Å². The SMILES string of the molecule is CN1CCN(c2ccc(/C=C3/SC(=S)NC3=O)cc2[N+](=O)[O-])CC1. The number of nitro groups is 1. The molecule has 2 aliphatic heterocycles. The van der Waals surface area contributed by atoms with E-state index in [1.807, 2.05) is 11.9 Å². The molecular weight excluding hydrogens is 348 g/mol. The number of piperazine rings is 1. The Labute approximate surface area is 148 Å². The average Bonchev–Trinajstić information content (AvgIpc) is 2.85. The van der Waals surface area contributed by atoms with Crippen LogP contribution < -0.4 is 10.2 Å². The minimum absolute atomic E-state index is 0.0554. The van der Waals surface area contributed by atoms with E-state index in [-0.39, 0.29) is 16.5 Å². The number of thioether (sulfide) groups is 1. The number of nitro benzene ring substituents is 1. The molecule has 126 valence electrons. The summed E-state index contributed by atoms with van der Waals surface area (Å²) in [6.07, 6.45) is 1.63. The molecule has 2 heterocycles. The number of amides is 1. The van der Waals surface area contributed by atoms with Gasteiger partial charge in [0.25, 0.3) is 11.6 Å². The number of rotatable bonds is 3. The van der Waals surface area contributed by atoms with Crippen molar-refractivity contribution >= 4 is 51.7 Å². The smallest absolute Gasteiger partial charge is 0.293 e. The molecule has 1 N–H and O–H groups in total. The highest BCUT2D eigenvalue weighted by Gasteiger charge is 2.25. The molecule has 1 amide bonds. The van der Waals surface area contributed by atoms with E-state index >= 15 is 0 Å². The molecule has 0 aliphatic carbocycles. The molecule has 0 radical (unpaired) electrons. The lowest BCUT2D eigenvalue weighted by Gasteiger charge is -2.33. The van der Waals surface area contributed by atoms with Crippen LogP contribution in [0.25, 0.3) is 6.08 Å². The van der Waals surface area contributed by atoms with Crippen LogP contribution in [0.15, 0.2) is 23.1 Å². The van der Waals surface area contributed by atoms with E-state index in [4.69, 9.17) is 12.2 Å². The molecule has 2 fully saturated rings. The summed E-state index contributed by atoms with van der Waals surface area (Å²) in [5.41, 5.74) is 1.29. The summed E-state index contributed by atoms with van der Waals surface area (Å²) in [6, 6.07) is 5.06. The maximum atomic E-state index is 11.7. The van der Waals surface area contributed by atoms with Gasteiger partial charge in [-0.05, 0) is 24.8 Å². The second-order valence-corrected chi connectivity index (χ2v) is 7.37. The minimum Gasteiger partial charge on any atom is -0.363 e. The number of hydrogen-bond donors (Lipinski definition) is 1. The number of carbonyl (C=O) groups is 1. The van der Waals surface area contributed by atoms with Crippen LogP contribution in [-0.4, -0.2) is 53.3 Å². The monoisotopic (exact) mass is 364 g/mol. The normalized spacial score (nSPS) is 20.5. The first-order valence-corrected chi connectivity index (χ1v) is 8.63. The van der Waals surface area contributed by atoms with Gasteiger partial charge in [0.05, 0.1) is 9.83 Å². The average molecular weight is 364 g/mol. The third kappa shape index (κ3) is 3.58. The van der Waals surface area contributed by atoms with E-state index in [2.05, 4.69) is 10.2 Å². The quantitative estimate of drug-likeness (QED) is 0.379. The Morgan fingerprint density at radius 3 is 2.62 bits per heavy atom. The maximum Gasteiger partial charge on any atom is 0.293 e. The first-order valence-electron chi connectivity index (χ1n) is 7.41. The fourth-order valence-corrected chi connectivity index (χ4v) is 3.71. The van der Waals surface area contributed by atoms with Crippen molar-refractivity contribution in [3.05, 3.63) is 38.8 Å². The third-order valence-corrected chi connectivity index (χ3v) is 5.14. The Balaban J connectivity index is 1.90. The van der Waals surface area contributed by atoms with Crippen molar-refractivity contribution in [1.82, 2.24) is 10.2 Å². The van der Waals surface area contributed by atoms with Crippen molar-refractivity contribution in [2.45, 2.75) is 0 Å². The van der Waals surface area contributed by atoms with Crippen molar-refractivity contribution in [3.8, 4) is 0 Å². The van der Waals surface area contributed by atoms with Gasteiger partial charge in [0.2, 0.25) is 0 Å². The molecule has 2 saturated heterocycles. The van der Waals surface area contributed by atoms with E-state index in [9.17, 15) is 14.9 Å². The molecule has 7 nitrogen and oxygen atoms in total. The summed E-state index contributed by atoms with van der Waals surface area (Å²) in [7, 11) is 2.04. The summed E-state index contributed by atoms with van der Waals surface area (Å²) < 4.78 is 0.398. The van der Waals surface area contributed by atoms with Crippen LogP contribution in [-0.2, 0) is 4.79 Å². The van der Waals surface area contributed by atoms with Crippen molar-refractivity contribution in [2.75, 3.05) is 38.1 Å². The Morgan fingerprint density at radius 2 is 2.04 bits per heavy atom. The number of nitrogens with zero attached hydrogens (tertiary/aromatic N) is 3. The van der Waals surface area contributed by atoms with Gasteiger partial charge in [-0.25, -0.2) is 0 Å². The first-order chi connectivity index (χ1) is 11.4. The Morgan fingerprint density at radius 1 is 1.33 bits per heavy atom. The molecular formula is C15H16N4O3S2. The van der Waals surface area contributed by atoms with E-state index in [1.54, 1.807) is 18.2 Å². The number of carbonyl (C=O) groups excluding carboxylic acids is 1. The van der Waals surface area contributed by atoms with Gasteiger partial charge < -0.3 is 15.1 Å². The molecule has 0 spiro atoms. The highest BCUT2D eigenvalue weighted by molar-refractivity contribution is 8.26. The van der Waals surface area contributed by atoms with Gasteiger partial charge in [0.1, 0.15) is 10.0 Å². The van der Waals surface area contributed by atoms with Gasteiger partial charge in [-0.2, -0.15) is 0 Å². The van der Waals surface area contributed by atoms with Crippen LogP contribution >= 0.6 is 24.0 Å². The lowest BCUT2D eigenvalue weighted by Crippen LogP contribution is -2.44. The second kappa shape index (κ2) is 6.88. The third-order valence-electron chi connectivity index (χ3n) is 3.98. The zero-order valence-electron chi connectivity index (χ0n) is 13.0. The highest BCUT2D eigenvalue weighted by atomic mass is 32.2. The predicted molar refractivity (Wildman–Crippen MR) is 99.1 cm³/mol. The van der Waals surface area contributed by atoms with Crippen LogP contribution in [0, 0.1) is 10.1 Å². The minimum atomic E-state index is -0.373. The standard InChI is InChI=1S/C15H16N4O3S2/c1-17-4-6-18(7-5-17)11-3-2-10(8-12(11)19(21)22)9-13-14(20)16-15(23)24-13/h2-3,8-9H,4-7H2,1H3,(H,16,20,23)/b13-9+. The Hall–Kier alpha value is -1.97. The van der Waals surface area contributed by atoms with Crippen molar-refractivity contribution in [1.29, 1.82) is 0 Å². The van der Waals surface area contributed by atoms with Crippen LogP contribution in [0.3, 0.4) is 0 Å². The summed E-state index contributed by atoms with van der Waals surface area (Å²) >= 11 is 6.11. The largest absolute Gasteiger partial charge is 0.363 e. The number of anilines is 1. The summed E-state index contributed by atoms with van der Waals surface area (Å²) in [5.74, 6) is -0.268. The molecule has 0 saturated carbocycles. The molecule has 0 aromatic heterocycles. The van der Waals surface area contributed by atoms with Gasteiger partial charge in [-0.3, -0.25) is 14.9 Å². The van der Waals surface area contributed by atoms with Crippen molar-refractivity contribution in [3.63, 3.8) is 0 Å². The molecule has 1 aromatic rings. The van der Waals surface area contributed by atoms with Gasteiger partial charge >= 0.3 is 0 Å². The molecule has 2 aliphatic rings. The maximum absolute atomic E-state index is 11.7. The number of hydrogen-bond acceptors (Lipinski definition) is 7. The second-order valence-electron chi connectivity index (χ2n) is 5.65. The molecule has 3 rings (SSSR count). The lowest BCUT2D eigenvalue weighted by atomic mass is 10.1. The van der Waals surface area contributed by atoms with Gasteiger partial charge in [-0.15, -0.1) is 0 Å². The zero-order chi connectivity index (χ0) is 17.3. The van der Waals surface area contributed by atoms with Crippen LogP contribution in [0.4, 0.5) is 11.4 Å². The van der Waals surface area contributed by atoms with E-state index < -0.39 is 0 Å². The zero-order valence-corrected chi connectivity index (χ0v) is 14.7. The van der Waals surface area contributed by atoms with Crippen molar-refractivity contribution < 1.29 is 9.72 Å². The fourth-order valence-electron chi connectivity index (χ4n) is 2.66. The Kier molecular flexibility index (Phi) is 4.83. The summed E-state index contributed by atoms with van der Waals surface area (Å²) in [6.45, 7) is 3.25. The molecule has 9 heteroatoms. The molecule has 0 atom stereocenters.